The van der Waals surface area contributed by atoms with Gasteiger partial charge in [0.1, 0.15) is 11.7 Å². The number of rotatable bonds is 4. The van der Waals surface area contributed by atoms with Crippen molar-refractivity contribution in [2.24, 2.45) is 0 Å². The Hall–Kier alpha value is -2.09. The molecule has 1 aliphatic rings. The van der Waals surface area contributed by atoms with Crippen LogP contribution in [0.2, 0.25) is 5.15 Å². The molecule has 2 heterocycles. The quantitative estimate of drug-likeness (QED) is 0.576. The van der Waals surface area contributed by atoms with E-state index in [0.29, 0.717) is 10.4 Å². The third kappa shape index (κ3) is 7.99. The summed E-state index contributed by atoms with van der Waals surface area (Å²) >= 11 is 7.83. The van der Waals surface area contributed by atoms with Crippen molar-refractivity contribution in [3.05, 3.63) is 59.2 Å². The maximum absolute atomic E-state index is 9.04. The van der Waals surface area contributed by atoms with Crippen LogP contribution >= 0.6 is 23.4 Å². The SMILES string of the molecule is Clc1cccc(SC2CC[NH+](Cc3ccccc3)CC2)n1.O=C([O-])C(=O)O. The number of carboxylic acid groups (broad SMARTS) is 2. The van der Waals surface area contributed by atoms with Gasteiger partial charge in [0.15, 0.2) is 5.97 Å². The summed E-state index contributed by atoms with van der Waals surface area (Å²) in [6.07, 6.45) is 2.50. The number of hydrogen-bond acceptors (Lipinski definition) is 5. The number of halogens is 1. The highest BCUT2D eigenvalue weighted by molar-refractivity contribution is 7.99. The number of nitrogens with one attached hydrogen (secondary N) is 1. The van der Waals surface area contributed by atoms with Gasteiger partial charge in [-0.05, 0) is 12.1 Å². The van der Waals surface area contributed by atoms with Gasteiger partial charge in [0.25, 0.3) is 0 Å². The van der Waals surface area contributed by atoms with Crippen LogP contribution < -0.4 is 10.0 Å². The second-order valence-corrected chi connectivity index (χ2v) is 7.83. The molecule has 0 aliphatic carbocycles. The van der Waals surface area contributed by atoms with Gasteiger partial charge >= 0.3 is 5.97 Å². The number of piperidine rings is 1. The molecule has 0 atom stereocenters. The molecule has 0 saturated carbocycles. The van der Waals surface area contributed by atoms with Crippen molar-refractivity contribution < 1.29 is 24.7 Å². The van der Waals surface area contributed by atoms with Gasteiger partial charge in [0.2, 0.25) is 0 Å². The summed E-state index contributed by atoms with van der Waals surface area (Å²) in [5, 5.41) is 18.6. The minimum Gasteiger partial charge on any atom is -0.539 e. The number of carboxylic acids is 2. The van der Waals surface area contributed by atoms with Crippen LogP contribution in [0.25, 0.3) is 0 Å². The first-order valence-corrected chi connectivity index (χ1v) is 9.81. The zero-order chi connectivity index (χ0) is 19.6. The Morgan fingerprint density at radius 2 is 1.78 bits per heavy atom. The van der Waals surface area contributed by atoms with Crippen molar-refractivity contribution in [1.82, 2.24) is 4.98 Å². The summed E-state index contributed by atoms with van der Waals surface area (Å²) in [4.78, 5) is 24.1. The number of thioether (sulfide) groups is 1. The van der Waals surface area contributed by atoms with Crippen LogP contribution in [0.3, 0.4) is 0 Å². The molecule has 0 amide bonds. The van der Waals surface area contributed by atoms with E-state index in [2.05, 4.69) is 41.4 Å². The van der Waals surface area contributed by atoms with Gasteiger partial charge in [-0.1, -0.05) is 48.0 Å². The zero-order valence-corrected chi connectivity index (χ0v) is 16.2. The molecule has 0 unspecified atom stereocenters. The maximum atomic E-state index is 9.04. The first kappa shape index (κ1) is 21.2. The fraction of sp³-hybridized carbons (Fsp3) is 0.316. The van der Waals surface area contributed by atoms with Crippen LogP contribution in [0.4, 0.5) is 0 Å². The van der Waals surface area contributed by atoms with Crippen LogP contribution in [0.1, 0.15) is 18.4 Å². The van der Waals surface area contributed by atoms with Crippen molar-refractivity contribution in [3.8, 4) is 0 Å². The highest BCUT2D eigenvalue weighted by Gasteiger charge is 2.23. The highest BCUT2D eigenvalue weighted by atomic mass is 35.5. The molecule has 0 radical (unpaired) electrons. The van der Waals surface area contributed by atoms with Crippen LogP contribution in [0.15, 0.2) is 53.6 Å². The van der Waals surface area contributed by atoms with Crippen LogP contribution in [-0.2, 0) is 16.1 Å². The Morgan fingerprint density at radius 1 is 1.15 bits per heavy atom. The second-order valence-electron chi connectivity index (χ2n) is 6.12. The summed E-state index contributed by atoms with van der Waals surface area (Å²) in [6, 6.07) is 16.7. The molecule has 6 nitrogen and oxygen atoms in total. The molecule has 2 aromatic rings. The van der Waals surface area contributed by atoms with Crippen molar-refractivity contribution in [3.63, 3.8) is 0 Å². The van der Waals surface area contributed by atoms with Gasteiger partial charge in [-0.3, -0.25) is 0 Å². The smallest absolute Gasteiger partial charge is 0.351 e. The Bertz CT molecular complexity index is 740. The maximum Gasteiger partial charge on any atom is 0.351 e. The normalized spacial score (nSPS) is 18.9. The standard InChI is InChI=1S/C17H19ClN2S.C2H2O4/c18-16-7-4-8-17(19-16)21-15-9-11-20(12-10-15)13-14-5-2-1-3-6-14;3-1(4)2(5)6/h1-8,15H,9-13H2;(H,3,4)(H,5,6). The molecule has 3 rings (SSSR count). The summed E-state index contributed by atoms with van der Waals surface area (Å²) in [7, 11) is 0. The lowest BCUT2D eigenvalue weighted by Gasteiger charge is -2.28. The summed E-state index contributed by atoms with van der Waals surface area (Å²) in [5.74, 6) is -4.01. The third-order valence-corrected chi connectivity index (χ3v) is 5.57. The first-order valence-electron chi connectivity index (χ1n) is 8.55. The van der Waals surface area contributed by atoms with Crippen LogP contribution in [0, 0.1) is 0 Å². The lowest BCUT2D eigenvalue weighted by Crippen LogP contribution is -3.11. The molecule has 1 aliphatic heterocycles. The number of aliphatic carboxylic acids is 2. The molecular formula is C19H21ClN2O4S. The van der Waals surface area contributed by atoms with E-state index < -0.39 is 11.9 Å². The predicted octanol–water partition coefficient (Wildman–Crippen LogP) is 0.895. The van der Waals surface area contributed by atoms with Gasteiger partial charge < -0.3 is 19.9 Å². The Balaban J connectivity index is 0.000000380. The number of benzene rings is 1. The molecule has 144 valence electrons. The van der Waals surface area contributed by atoms with Crippen molar-refractivity contribution in [1.29, 1.82) is 0 Å². The molecule has 2 N–H and O–H groups in total. The van der Waals surface area contributed by atoms with E-state index in [1.807, 2.05) is 23.9 Å². The molecule has 1 saturated heterocycles. The van der Waals surface area contributed by atoms with E-state index in [1.165, 1.54) is 31.5 Å². The van der Waals surface area contributed by atoms with Crippen LogP contribution in [-0.4, -0.2) is 40.4 Å². The number of nitrogens with zero attached hydrogens (tertiary/aromatic N) is 1. The summed E-state index contributed by atoms with van der Waals surface area (Å²) < 4.78 is 0. The molecule has 1 fully saturated rings. The number of quaternary nitrogens is 1. The van der Waals surface area contributed by atoms with Gasteiger partial charge in [-0.25, -0.2) is 9.78 Å². The van der Waals surface area contributed by atoms with E-state index >= 15 is 0 Å². The topological polar surface area (TPSA) is 94.8 Å². The van der Waals surface area contributed by atoms with Gasteiger partial charge in [0, 0.05) is 23.7 Å². The minimum absolute atomic E-state index is 0.590. The van der Waals surface area contributed by atoms with Crippen molar-refractivity contribution in [2.75, 3.05) is 13.1 Å². The van der Waals surface area contributed by atoms with E-state index in [0.717, 1.165) is 11.6 Å². The number of carbonyl (C=O) groups excluding carboxylic acids is 1. The zero-order valence-electron chi connectivity index (χ0n) is 14.6. The molecule has 1 aromatic heterocycles. The molecule has 1 aromatic carbocycles. The molecule has 0 spiro atoms. The van der Waals surface area contributed by atoms with Crippen molar-refractivity contribution in [2.45, 2.75) is 29.7 Å². The lowest BCUT2D eigenvalue weighted by molar-refractivity contribution is -0.918. The van der Waals surface area contributed by atoms with E-state index in [-0.39, 0.29) is 0 Å². The van der Waals surface area contributed by atoms with E-state index in [9.17, 15) is 0 Å². The number of likely N-dealkylation sites (tertiary alicyclic amines) is 1. The predicted molar refractivity (Wildman–Crippen MR) is 102 cm³/mol. The van der Waals surface area contributed by atoms with Gasteiger partial charge in [0.05, 0.1) is 18.1 Å². The lowest BCUT2D eigenvalue weighted by atomic mass is 10.1. The average molecular weight is 409 g/mol. The van der Waals surface area contributed by atoms with E-state index in [4.69, 9.17) is 31.4 Å². The van der Waals surface area contributed by atoms with Crippen molar-refractivity contribution >= 4 is 35.3 Å². The number of aromatic nitrogens is 1. The summed E-state index contributed by atoms with van der Waals surface area (Å²) in [6.45, 7) is 3.63. The molecular weight excluding hydrogens is 388 g/mol. The summed E-state index contributed by atoms with van der Waals surface area (Å²) in [5.41, 5.74) is 1.44. The molecule has 27 heavy (non-hydrogen) atoms. The van der Waals surface area contributed by atoms with Gasteiger partial charge in [-0.2, -0.15) is 0 Å². The highest BCUT2D eigenvalue weighted by Crippen LogP contribution is 2.27. The second kappa shape index (κ2) is 10.9. The van der Waals surface area contributed by atoms with E-state index in [1.54, 1.807) is 4.90 Å². The average Bonchev–Trinajstić information content (AvgIpc) is 2.65. The fourth-order valence-corrected chi connectivity index (χ4v) is 4.14. The Kier molecular flexibility index (Phi) is 8.57. The largest absolute Gasteiger partial charge is 0.539 e. The number of hydrogen-bond donors (Lipinski definition) is 2. The third-order valence-electron chi connectivity index (χ3n) is 4.09. The molecule has 8 heteroatoms. The minimum atomic E-state index is -2.07. The Morgan fingerprint density at radius 3 is 2.33 bits per heavy atom. The van der Waals surface area contributed by atoms with Gasteiger partial charge in [-0.15, -0.1) is 11.8 Å². The Labute approximate surface area is 167 Å². The number of carbonyl (C=O) groups is 2. The number of pyridine rings is 1. The monoisotopic (exact) mass is 408 g/mol. The first-order chi connectivity index (χ1) is 12.9. The van der Waals surface area contributed by atoms with Crippen LogP contribution in [0.5, 0.6) is 0 Å². The fourth-order valence-electron chi connectivity index (χ4n) is 2.80. The molecule has 0 bridgehead atoms.